The Morgan fingerprint density at radius 3 is 1.58 bits per heavy atom. The molecule has 0 saturated carbocycles. The SMILES string of the molecule is CC(C)C[C@H](NC(=O)[C@@H](NC(=O)CNC(=O)c1ccccc1)C(C)C)C(=O)N[C@@H](CCCCN)C(=O)N[C@@H](CCC(=O)O)C(=O)N[C@@H](Cc1ccc(O)cc1)C(=O)NCC(=O)N[C@H](C(=O)O)C(C)C. The Hall–Kier alpha value is -7.10. The van der Waals surface area contributed by atoms with Crippen molar-refractivity contribution in [2.75, 3.05) is 19.6 Å². The highest BCUT2D eigenvalue weighted by Gasteiger charge is 2.34. The van der Waals surface area contributed by atoms with Crippen LogP contribution in [0.25, 0.3) is 0 Å². The lowest BCUT2D eigenvalue weighted by Gasteiger charge is -2.28. The molecule has 22 heteroatoms. The van der Waals surface area contributed by atoms with Crippen molar-refractivity contribution in [2.24, 2.45) is 23.5 Å². The maximum atomic E-state index is 14.1. The third-order valence-electron chi connectivity index (χ3n) is 10.6. The van der Waals surface area contributed by atoms with Gasteiger partial charge in [0.05, 0.1) is 13.1 Å². The molecule has 0 heterocycles. The number of carboxylic acids is 2. The Morgan fingerprint density at radius 1 is 0.551 bits per heavy atom. The first-order valence-corrected chi connectivity index (χ1v) is 22.9. The van der Waals surface area contributed by atoms with Crippen molar-refractivity contribution in [3.63, 3.8) is 0 Å². The lowest BCUT2D eigenvalue weighted by Crippen LogP contribution is -2.60. The molecule has 0 fully saturated rings. The van der Waals surface area contributed by atoms with E-state index < -0.39 is 133 Å². The van der Waals surface area contributed by atoms with Gasteiger partial charge < -0.3 is 63.6 Å². The summed E-state index contributed by atoms with van der Waals surface area (Å²) in [5.74, 6) is -10.1. The van der Waals surface area contributed by atoms with Crippen LogP contribution in [0.5, 0.6) is 5.75 Å². The van der Waals surface area contributed by atoms with E-state index in [1.54, 1.807) is 71.9 Å². The number of carbonyl (C=O) groups excluding carboxylic acids is 8. The van der Waals surface area contributed by atoms with E-state index in [0.717, 1.165) is 0 Å². The molecule has 0 aliphatic carbocycles. The van der Waals surface area contributed by atoms with Crippen molar-refractivity contribution in [2.45, 2.75) is 123 Å². The van der Waals surface area contributed by atoms with Crippen molar-refractivity contribution in [1.82, 2.24) is 42.5 Å². The average molecular weight is 968 g/mol. The highest BCUT2D eigenvalue weighted by Crippen LogP contribution is 2.14. The van der Waals surface area contributed by atoms with Crippen LogP contribution in [0.2, 0.25) is 0 Å². The van der Waals surface area contributed by atoms with Gasteiger partial charge in [0, 0.05) is 18.4 Å². The van der Waals surface area contributed by atoms with Crippen molar-refractivity contribution < 1.29 is 63.3 Å². The second-order valence-corrected chi connectivity index (χ2v) is 17.6. The Balaban J connectivity index is 2.34. The van der Waals surface area contributed by atoms with Gasteiger partial charge in [-0.1, -0.05) is 71.9 Å². The summed E-state index contributed by atoms with van der Waals surface area (Å²) >= 11 is 0. The number of benzene rings is 2. The van der Waals surface area contributed by atoms with Crippen LogP contribution in [-0.4, -0.2) is 130 Å². The van der Waals surface area contributed by atoms with Crippen LogP contribution < -0.4 is 48.3 Å². The number of hydrogen-bond donors (Lipinski definition) is 12. The van der Waals surface area contributed by atoms with E-state index in [4.69, 9.17) is 5.73 Å². The zero-order valence-corrected chi connectivity index (χ0v) is 40.0. The van der Waals surface area contributed by atoms with Gasteiger partial charge in [0.2, 0.25) is 41.4 Å². The Morgan fingerprint density at radius 2 is 1.06 bits per heavy atom. The Kier molecular flexibility index (Phi) is 24.9. The normalized spacial score (nSPS) is 13.7. The summed E-state index contributed by atoms with van der Waals surface area (Å²) in [4.78, 5) is 131. The Bertz CT molecular complexity index is 2070. The number of aromatic hydroxyl groups is 1. The van der Waals surface area contributed by atoms with Crippen LogP contribution in [0, 0.1) is 17.8 Å². The molecular formula is C47H69N9O13. The zero-order chi connectivity index (χ0) is 51.8. The maximum absolute atomic E-state index is 14.1. The molecule has 0 spiro atoms. The zero-order valence-electron chi connectivity index (χ0n) is 40.0. The molecule has 0 aliphatic rings. The fourth-order valence-electron chi connectivity index (χ4n) is 6.80. The predicted molar refractivity (Wildman–Crippen MR) is 252 cm³/mol. The van der Waals surface area contributed by atoms with E-state index in [-0.39, 0.29) is 37.5 Å². The summed E-state index contributed by atoms with van der Waals surface area (Å²) in [7, 11) is 0. The molecule has 69 heavy (non-hydrogen) atoms. The van der Waals surface area contributed by atoms with Crippen LogP contribution in [0.3, 0.4) is 0 Å². The fraction of sp³-hybridized carbons (Fsp3) is 0.532. The molecule has 2 rings (SSSR count). The van der Waals surface area contributed by atoms with E-state index in [1.165, 1.54) is 24.3 Å². The highest BCUT2D eigenvalue weighted by atomic mass is 16.4. The minimum absolute atomic E-state index is 0.00272. The number of nitrogens with two attached hydrogens (primary N) is 1. The first-order chi connectivity index (χ1) is 32.5. The monoisotopic (exact) mass is 968 g/mol. The van der Waals surface area contributed by atoms with E-state index in [1.807, 2.05) is 0 Å². The topological polar surface area (TPSA) is 354 Å². The number of carbonyl (C=O) groups is 10. The number of unbranched alkanes of at least 4 members (excludes halogenated alkanes) is 1. The third kappa shape index (κ3) is 21.6. The van der Waals surface area contributed by atoms with Crippen LogP contribution in [0.4, 0.5) is 0 Å². The first kappa shape index (κ1) is 58.0. The molecule has 0 radical (unpaired) electrons. The van der Waals surface area contributed by atoms with E-state index in [0.29, 0.717) is 24.0 Å². The second-order valence-electron chi connectivity index (χ2n) is 17.6. The molecule has 6 atom stereocenters. The van der Waals surface area contributed by atoms with Crippen LogP contribution in [0.15, 0.2) is 54.6 Å². The van der Waals surface area contributed by atoms with Gasteiger partial charge in [0.15, 0.2) is 0 Å². The quantitative estimate of drug-likeness (QED) is 0.0453. The number of nitrogens with one attached hydrogen (secondary N) is 8. The standard InChI is InChI=1S/C47H69N9O13/c1-26(2)22-34(54-46(67)39(27(3)4)55-36(58)24-49-41(62)30-12-8-7-9-13-30)45(66)51-32(14-10-11-21-48)43(64)52-33(19-20-38(60)61)44(65)53-35(23-29-15-17-31(57)18-16-29)42(63)50-25-37(59)56-40(28(5)6)47(68)69/h7-9,12-13,15-18,26-28,32-35,39-40,57H,10-11,14,19-25,48H2,1-6H3,(H,49,62)(H,50,63)(H,51,66)(H,52,64)(H,53,65)(H,54,67)(H,55,58)(H,56,59)(H,60,61)(H,68,69)/t32-,33-,34-,35-,39-,40-/m0/s1. The van der Waals surface area contributed by atoms with E-state index in [2.05, 4.69) is 42.5 Å². The van der Waals surface area contributed by atoms with Crippen molar-refractivity contribution in [1.29, 1.82) is 0 Å². The van der Waals surface area contributed by atoms with Gasteiger partial charge in [-0.05, 0) is 86.2 Å². The summed E-state index contributed by atoms with van der Waals surface area (Å²) in [5.41, 5.74) is 6.49. The summed E-state index contributed by atoms with van der Waals surface area (Å²) in [6.07, 6.45) is -0.467. The molecule has 13 N–H and O–H groups in total. The van der Waals surface area contributed by atoms with Crippen molar-refractivity contribution in [3.8, 4) is 5.75 Å². The minimum atomic E-state index is -1.60. The number of hydrogen-bond acceptors (Lipinski definition) is 12. The van der Waals surface area contributed by atoms with Crippen LogP contribution >= 0.6 is 0 Å². The average Bonchev–Trinajstić information content (AvgIpc) is 3.29. The Labute approximate surface area is 401 Å². The molecule has 380 valence electrons. The molecule has 2 aromatic carbocycles. The van der Waals surface area contributed by atoms with Crippen molar-refractivity contribution >= 4 is 59.2 Å². The van der Waals surface area contributed by atoms with Crippen LogP contribution in [0.1, 0.15) is 96.0 Å². The van der Waals surface area contributed by atoms with Crippen LogP contribution in [-0.2, 0) is 49.6 Å². The molecule has 0 saturated heterocycles. The number of rotatable bonds is 30. The molecule has 22 nitrogen and oxygen atoms in total. The number of amides is 8. The van der Waals surface area contributed by atoms with Gasteiger partial charge in [-0.2, -0.15) is 0 Å². The largest absolute Gasteiger partial charge is 0.508 e. The van der Waals surface area contributed by atoms with E-state index >= 15 is 0 Å². The summed E-state index contributed by atoms with van der Waals surface area (Å²) in [6.45, 7) is 9.21. The predicted octanol–water partition coefficient (Wildman–Crippen LogP) is -0.174. The third-order valence-corrected chi connectivity index (χ3v) is 10.6. The number of phenols is 1. The second kappa shape index (κ2) is 29.6. The van der Waals surface area contributed by atoms with E-state index in [9.17, 15) is 63.3 Å². The smallest absolute Gasteiger partial charge is 0.326 e. The molecule has 2 aromatic rings. The summed E-state index contributed by atoms with van der Waals surface area (Å²) in [5, 5.41) is 49.0. The molecule has 0 unspecified atom stereocenters. The number of aliphatic carboxylic acids is 2. The van der Waals surface area contributed by atoms with Gasteiger partial charge >= 0.3 is 11.9 Å². The molecule has 8 amide bonds. The van der Waals surface area contributed by atoms with Gasteiger partial charge in [0.25, 0.3) is 5.91 Å². The molecular weight excluding hydrogens is 899 g/mol. The first-order valence-electron chi connectivity index (χ1n) is 22.9. The summed E-state index contributed by atoms with van der Waals surface area (Å²) < 4.78 is 0. The van der Waals surface area contributed by atoms with Crippen molar-refractivity contribution in [3.05, 3.63) is 65.7 Å². The molecule has 0 bridgehead atoms. The highest BCUT2D eigenvalue weighted by molar-refractivity contribution is 5.99. The maximum Gasteiger partial charge on any atom is 0.326 e. The lowest BCUT2D eigenvalue weighted by atomic mass is 9.99. The molecule has 0 aliphatic heterocycles. The minimum Gasteiger partial charge on any atom is -0.508 e. The number of carboxylic acid groups (broad SMARTS) is 2. The van der Waals surface area contributed by atoms with Gasteiger partial charge in [-0.15, -0.1) is 0 Å². The lowest BCUT2D eigenvalue weighted by molar-refractivity contribution is -0.143. The molecule has 0 aromatic heterocycles. The fourth-order valence-corrected chi connectivity index (χ4v) is 6.80. The van der Waals surface area contributed by atoms with Gasteiger partial charge in [-0.3, -0.25) is 43.2 Å². The number of phenolic OH excluding ortho intramolecular Hbond substituents is 1. The summed E-state index contributed by atoms with van der Waals surface area (Å²) in [6, 6.07) is 5.79. The van der Waals surface area contributed by atoms with Gasteiger partial charge in [0.1, 0.15) is 42.0 Å². The van der Waals surface area contributed by atoms with Gasteiger partial charge in [-0.25, -0.2) is 4.79 Å².